The number of hydrogen-bond donors (Lipinski definition) is 2. The fourth-order valence-electron chi connectivity index (χ4n) is 2.84. The molecule has 0 aliphatic heterocycles. The van der Waals surface area contributed by atoms with E-state index in [2.05, 4.69) is 10.6 Å². The molecule has 3 rings (SSSR count). The van der Waals surface area contributed by atoms with Crippen LogP contribution in [0.5, 0.6) is 5.75 Å². The Morgan fingerprint density at radius 3 is 2.32 bits per heavy atom. The van der Waals surface area contributed by atoms with Gasteiger partial charge in [-0.3, -0.25) is 0 Å². The van der Waals surface area contributed by atoms with E-state index in [1.54, 1.807) is 12.1 Å². The molecule has 0 saturated heterocycles. The highest BCUT2D eigenvalue weighted by atomic mass is 19.1. The third kappa shape index (κ3) is 4.50. The van der Waals surface area contributed by atoms with Crippen LogP contribution in [0.15, 0.2) is 48.5 Å². The molecule has 2 aromatic rings. The van der Waals surface area contributed by atoms with Gasteiger partial charge in [-0.2, -0.15) is 0 Å². The number of carbonyl (C=O) groups is 1. The lowest BCUT2D eigenvalue weighted by atomic mass is 9.96. The molecule has 0 spiro atoms. The molecule has 1 saturated carbocycles. The van der Waals surface area contributed by atoms with E-state index in [0.717, 1.165) is 24.2 Å². The van der Waals surface area contributed by atoms with E-state index in [0.29, 0.717) is 12.2 Å². The van der Waals surface area contributed by atoms with Crippen molar-refractivity contribution in [1.82, 2.24) is 5.32 Å². The Bertz CT molecular complexity index is 722. The van der Waals surface area contributed by atoms with Gasteiger partial charge in [-0.1, -0.05) is 12.1 Å². The van der Waals surface area contributed by atoms with Gasteiger partial charge in [-0.05, 0) is 68.7 Å². The molecular weight excluding hydrogens is 319 g/mol. The molecule has 0 aromatic heterocycles. The topological polar surface area (TPSA) is 50.4 Å². The zero-order chi connectivity index (χ0) is 17.9. The smallest absolute Gasteiger partial charge is 0.319 e. The Hall–Kier alpha value is -2.56. The van der Waals surface area contributed by atoms with Crippen LogP contribution in [0.25, 0.3) is 0 Å². The van der Waals surface area contributed by atoms with E-state index in [9.17, 15) is 9.18 Å². The van der Waals surface area contributed by atoms with Gasteiger partial charge in [0.15, 0.2) is 0 Å². The van der Waals surface area contributed by atoms with Crippen molar-refractivity contribution in [3.63, 3.8) is 0 Å². The highest BCUT2D eigenvalue weighted by Crippen LogP contribution is 2.47. The first kappa shape index (κ1) is 17.3. The highest BCUT2D eigenvalue weighted by molar-refractivity contribution is 5.89. The number of rotatable bonds is 6. The molecule has 1 aliphatic carbocycles. The summed E-state index contributed by atoms with van der Waals surface area (Å²) in [6.45, 7) is 4.47. The van der Waals surface area contributed by atoms with Crippen molar-refractivity contribution in [2.75, 3.05) is 11.9 Å². The van der Waals surface area contributed by atoms with Gasteiger partial charge in [0, 0.05) is 17.6 Å². The van der Waals surface area contributed by atoms with Crippen LogP contribution in [0.4, 0.5) is 14.9 Å². The molecule has 0 radical (unpaired) electrons. The number of amides is 2. The van der Waals surface area contributed by atoms with E-state index in [-0.39, 0.29) is 23.4 Å². The van der Waals surface area contributed by atoms with E-state index < -0.39 is 0 Å². The van der Waals surface area contributed by atoms with Crippen molar-refractivity contribution in [2.24, 2.45) is 0 Å². The first-order valence-electron chi connectivity index (χ1n) is 8.54. The molecule has 0 unspecified atom stereocenters. The van der Waals surface area contributed by atoms with Gasteiger partial charge in [-0.15, -0.1) is 0 Å². The third-order valence-corrected chi connectivity index (χ3v) is 4.38. The number of nitrogens with one attached hydrogen (secondary N) is 2. The highest BCUT2D eigenvalue weighted by Gasteiger charge is 2.44. The summed E-state index contributed by atoms with van der Waals surface area (Å²) in [5.74, 6) is 0.532. The van der Waals surface area contributed by atoms with Crippen molar-refractivity contribution in [3.05, 3.63) is 59.9 Å². The maximum Gasteiger partial charge on any atom is 0.319 e. The largest absolute Gasteiger partial charge is 0.491 e. The summed E-state index contributed by atoms with van der Waals surface area (Å²) in [7, 11) is 0. The van der Waals surface area contributed by atoms with E-state index in [4.69, 9.17) is 4.74 Å². The minimum absolute atomic E-state index is 0.0556. The van der Waals surface area contributed by atoms with Gasteiger partial charge in [0.1, 0.15) is 11.6 Å². The SMILES string of the molecule is CC(C)Oc1ccc(NC(=O)NCC2(c3ccc(F)cc3)CC2)cc1. The summed E-state index contributed by atoms with van der Waals surface area (Å²) in [6, 6.07) is 13.6. The zero-order valence-electron chi connectivity index (χ0n) is 14.5. The molecule has 2 aromatic carbocycles. The van der Waals surface area contributed by atoms with Crippen molar-refractivity contribution in [2.45, 2.75) is 38.2 Å². The average Bonchev–Trinajstić information content (AvgIpc) is 3.36. The molecule has 2 amide bonds. The Morgan fingerprint density at radius 1 is 1.12 bits per heavy atom. The van der Waals surface area contributed by atoms with E-state index >= 15 is 0 Å². The predicted molar refractivity (Wildman–Crippen MR) is 96.5 cm³/mol. The molecule has 4 nitrogen and oxygen atoms in total. The summed E-state index contributed by atoms with van der Waals surface area (Å²) in [5, 5.41) is 5.74. The molecule has 132 valence electrons. The number of hydrogen-bond acceptors (Lipinski definition) is 2. The molecule has 2 N–H and O–H groups in total. The number of benzene rings is 2. The summed E-state index contributed by atoms with van der Waals surface area (Å²) < 4.78 is 18.6. The summed E-state index contributed by atoms with van der Waals surface area (Å²) in [6.07, 6.45) is 2.11. The van der Waals surface area contributed by atoms with E-state index in [1.807, 2.05) is 38.1 Å². The van der Waals surface area contributed by atoms with Crippen LogP contribution in [-0.2, 0) is 5.41 Å². The molecule has 25 heavy (non-hydrogen) atoms. The molecule has 0 heterocycles. The fraction of sp³-hybridized carbons (Fsp3) is 0.350. The Labute approximate surface area is 147 Å². The summed E-state index contributed by atoms with van der Waals surface area (Å²) in [4.78, 5) is 12.1. The number of ether oxygens (including phenoxy) is 1. The van der Waals surface area contributed by atoms with Gasteiger partial charge in [0.05, 0.1) is 6.10 Å². The Kier molecular flexibility index (Phi) is 4.93. The second kappa shape index (κ2) is 7.13. The second-order valence-corrected chi connectivity index (χ2v) is 6.79. The van der Waals surface area contributed by atoms with Crippen molar-refractivity contribution in [3.8, 4) is 5.75 Å². The second-order valence-electron chi connectivity index (χ2n) is 6.79. The minimum Gasteiger partial charge on any atom is -0.491 e. The Balaban J connectivity index is 1.52. The predicted octanol–water partition coefficient (Wildman–Crippen LogP) is 4.47. The first-order chi connectivity index (χ1) is 12.0. The minimum atomic E-state index is -0.245. The molecule has 0 bridgehead atoms. The van der Waals surface area contributed by atoms with Crippen LogP contribution in [0.3, 0.4) is 0 Å². The molecule has 5 heteroatoms. The van der Waals surface area contributed by atoms with Crippen LogP contribution in [0.1, 0.15) is 32.3 Å². The monoisotopic (exact) mass is 342 g/mol. The molecule has 1 aliphatic rings. The van der Waals surface area contributed by atoms with Gasteiger partial charge in [0.2, 0.25) is 0 Å². The third-order valence-electron chi connectivity index (χ3n) is 4.38. The number of carbonyl (C=O) groups excluding carboxylic acids is 1. The molecule has 0 atom stereocenters. The average molecular weight is 342 g/mol. The standard InChI is InChI=1S/C20H23FN2O2/c1-14(2)25-18-9-7-17(8-10-18)23-19(24)22-13-20(11-12-20)15-3-5-16(21)6-4-15/h3-10,14H,11-13H2,1-2H3,(H2,22,23,24). The first-order valence-corrected chi connectivity index (χ1v) is 8.54. The van der Waals surface area contributed by atoms with Crippen LogP contribution >= 0.6 is 0 Å². The lowest BCUT2D eigenvalue weighted by molar-refractivity contribution is 0.242. The summed E-state index contributed by atoms with van der Waals surface area (Å²) in [5.41, 5.74) is 1.73. The van der Waals surface area contributed by atoms with Crippen molar-refractivity contribution in [1.29, 1.82) is 0 Å². The van der Waals surface area contributed by atoms with Crippen LogP contribution < -0.4 is 15.4 Å². The maximum atomic E-state index is 13.1. The number of urea groups is 1. The van der Waals surface area contributed by atoms with Crippen molar-refractivity contribution < 1.29 is 13.9 Å². The molecule has 1 fully saturated rings. The number of halogens is 1. The molecular formula is C20H23FN2O2. The van der Waals surface area contributed by atoms with Gasteiger partial charge >= 0.3 is 6.03 Å². The quantitative estimate of drug-likeness (QED) is 0.814. The summed E-state index contributed by atoms with van der Waals surface area (Å²) >= 11 is 0. The lowest BCUT2D eigenvalue weighted by Crippen LogP contribution is -2.35. The van der Waals surface area contributed by atoms with Crippen molar-refractivity contribution >= 4 is 11.7 Å². The van der Waals surface area contributed by atoms with Gasteiger partial charge in [0.25, 0.3) is 0 Å². The zero-order valence-corrected chi connectivity index (χ0v) is 14.5. The normalized spacial score (nSPS) is 14.9. The van der Waals surface area contributed by atoms with Gasteiger partial charge < -0.3 is 15.4 Å². The number of anilines is 1. The van der Waals surface area contributed by atoms with E-state index in [1.165, 1.54) is 12.1 Å². The van der Waals surface area contributed by atoms with Crippen LogP contribution in [-0.4, -0.2) is 18.7 Å². The van der Waals surface area contributed by atoms with Crippen LogP contribution in [0.2, 0.25) is 0 Å². The fourth-order valence-corrected chi connectivity index (χ4v) is 2.84. The van der Waals surface area contributed by atoms with Crippen LogP contribution in [0, 0.1) is 5.82 Å². The lowest BCUT2D eigenvalue weighted by Gasteiger charge is -2.17. The van der Waals surface area contributed by atoms with Gasteiger partial charge in [-0.25, -0.2) is 9.18 Å². The maximum absolute atomic E-state index is 13.1. The Morgan fingerprint density at radius 2 is 1.76 bits per heavy atom.